The van der Waals surface area contributed by atoms with Crippen molar-refractivity contribution in [2.45, 2.75) is 12.5 Å². The molecule has 1 unspecified atom stereocenters. The summed E-state index contributed by atoms with van der Waals surface area (Å²) in [6.45, 7) is 0. The predicted molar refractivity (Wildman–Crippen MR) is 59.4 cm³/mol. The minimum Gasteiger partial charge on any atom is -0.271 e. The molecule has 2 heterocycles. The number of halogens is 1. The lowest BCUT2D eigenvalue weighted by Gasteiger charge is -2.13. The number of aromatic nitrogens is 4. The van der Waals surface area contributed by atoms with E-state index in [1.165, 1.54) is 0 Å². The van der Waals surface area contributed by atoms with Gasteiger partial charge in [0, 0.05) is 12.4 Å². The van der Waals surface area contributed by atoms with Crippen LogP contribution < -0.4 is 11.3 Å². The van der Waals surface area contributed by atoms with E-state index in [0.717, 1.165) is 11.3 Å². The Morgan fingerprint density at radius 2 is 2.38 bits per heavy atom. The van der Waals surface area contributed by atoms with Gasteiger partial charge in [0.15, 0.2) is 0 Å². The molecule has 0 saturated carbocycles. The van der Waals surface area contributed by atoms with Crippen molar-refractivity contribution in [3.05, 3.63) is 40.9 Å². The van der Waals surface area contributed by atoms with E-state index in [4.69, 9.17) is 17.4 Å². The topological polar surface area (TPSA) is 92.5 Å². The van der Waals surface area contributed by atoms with Crippen LogP contribution in [0.2, 0.25) is 5.02 Å². The third-order valence-electron chi connectivity index (χ3n) is 2.27. The number of hydrazine groups is 1. The number of nitrogens with two attached hydrogens (primary N) is 1. The summed E-state index contributed by atoms with van der Waals surface area (Å²) in [7, 11) is 0. The number of hydrogen-bond donors (Lipinski definition) is 3. The molecule has 1 atom stereocenters. The summed E-state index contributed by atoms with van der Waals surface area (Å²) in [5, 5.41) is 10.9. The summed E-state index contributed by atoms with van der Waals surface area (Å²) in [5.74, 6) is 5.47. The molecule has 0 aromatic carbocycles. The quantitative estimate of drug-likeness (QED) is 0.536. The Labute approximate surface area is 97.2 Å². The molecule has 4 N–H and O–H groups in total. The second-order valence-corrected chi connectivity index (χ2v) is 3.69. The maximum Gasteiger partial charge on any atom is 0.101 e. The second-order valence-electron chi connectivity index (χ2n) is 3.29. The van der Waals surface area contributed by atoms with Crippen molar-refractivity contribution in [3.8, 4) is 0 Å². The Bertz CT molecular complexity index is 443. The van der Waals surface area contributed by atoms with Crippen molar-refractivity contribution < 1.29 is 0 Å². The molecule has 0 aliphatic carbocycles. The summed E-state index contributed by atoms with van der Waals surface area (Å²) in [5.41, 5.74) is 4.39. The maximum atomic E-state index is 6.01. The third-order valence-corrected chi connectivity index (χ3v) is 2.61. The minimum absolute atomic E-state index is 0.126. The van der Waals surface area contributed by atoms with E-state index in [1.54, 1.807) is 18.6 Å². The molecule has 2 aromatic heterocycles. The molecule has 0 bridgehead atoms. The van der Waals surface area contributed by atoms with Crippen molar-refractivity contribution in [2.75, 3.05) is 0 Å². The van der Waals surface area contributed by atoms with Crippen LogP contribution in [0.3, 0.4) is 0 Å². The summed E-state index contributed by atoms with van der Waals surface area (Å²) in [6.07, 6.45) is 5.55. The van der Waals surface area contributed by atoms with E-state index in [0.29, 0.717) is 11.4 Å². The number of nitrogens with zero attached hydrogens (tertiary/aromatic N) is 3. The second kappa shape index (κ2) is 5.02. The van der Waals surface area contributed by atoms with Crippen LogP contribution in [0.1, 0.15) is 17.3 Å². The standard InChI is InChI=1S/C9H11ClN6/c10-7-4-12-2-1-6(7)3-8(14-11)9-5-13-16-15-9/h1-2,4-5,8,14H,3,11H2,(H,13,15,16). The number of rotatable bonds is 4. The lowest BCUT2D eigenvalue weighted by molar-refractivity contribution is 0.537. The van der Waals surface area contributed by atoms with Crippen molar-refractivity contribution in [2.24, 2.45) is 5.84 Å². The number of H-pyrrole nitrogens is 1. The zero-order valence-electron chi connectivity index (χ0n) is 8.39. The molecule has 6 nitrogen and oxygen atoms in total. The van der Waals surface area contributed by atoms with Crippen LogP contribution >= 0.6 is 11.6 Å². The minimum atomic E-state index is -0.126. The highest BCUT2D eigenvalue weighted by atomic mass is 35.5. The maximum absolute atomic E-state index is 6.01. The monoisotopic (exact) mass is 238 g/mol. The van der Waals surface area contributed by atoms with Gasteiger partial charge in [0.05, 0.1) is 17.3 Å². The van der Waals surface area contributed by atoms with Gasteiger partial charge in [-0.25, -0.2) is 0 Å². The summed E-state index contributed by atoms with van der Waals surface area (Å²) >= 11 is 6.01. The van der Waals surface area contributed by atoms with Crippen molar-refractivity contribution in [1.82, 2.24) is 25.8 Å². The summed E-state index contributed by atoms with van der Waals surface area (Å²) in [4.78, 5) is 3.92. The number of aromatic amines is 1. The highest BCUT2D eigenvalue weighted by molar-refractivity contribution is 6.31. The molecule has 7 heteroatoms. The molecule has 2 aromatic rings. The first-order chi connectivity index (χ1) is 7.81. The molecule has 0 saturated heterocycles. The van der Waals surface area contributed by atoms with E-state index >= 15 is 0 Å². The van der Waals surface area contributed by atoms with Gasteiger partial charge in [-0.05, 0) is 18.1 Å². The van der Waals surface area contributed by atoms with Gasteiger partial charge in [0.25, 0.3) is 0 Å². The largest absolute Gasteiger partial charge is 0.271 e. The van der Waals surface area contributed by atoms with Crippen LogP contribution in [0.15, 0.2) is 24.7 Å². The van der Waals surface area contributed by atoms with Crippen LogP contribution in [0, 0.1) is 0 Å². The van der Waals surface area contributed by atoms with Gasteiger partial charge in [0.1, 0.15) is 5.69 Å². The Morgan fingerprint density at radius 1 is 1.50 bits per heavy atom. The SMILES string of the molecule is NNC(Cc1ccncc1Cl)c1cn[nH]n1. The van der Waals surface area contributed by atoms with Crippen LogP contribution in [-0.4, -0.2) is 20.4 Å². The normalized spacial score (nSPS) is 12.6. The van der Waals surface area contributed by atoms with Gasteiger partial charge in [-0.3, -0.25) is 16.3 Å². The van der Waals surface area contributed by atoms with E-state index < -0.39 is 0 Å². The molecule has 0 aliphatic heterocycles. The zero-order valence-corrected chi connectivity index (χ0v) is 9.15. The molecular formula is C9H11ClN6. The molecule has 0 aliphatic rings. The fourth-order valence-corrected chi connectivity index (χ4v) is 1.61. The van der Waals surface area contributed by atoms with E-state index in [-0.39, 0.29) is 6.04 Å². The van der Waals surface area contributed by atoms with Crippen molar-refractivity contribution in [3.63, 3.8) is 0 Å². The molecule has 16 heavy (non-hydrogen) atoms. The first-order valence-electron chi connectivity index (χ1n) is 4.71. The van der Waals surface area contributed by atoms with Crippen LogP contribution in [0.4, 0.5) is 0 Å². The molecule has 2 rings (SSSR count). The average molecular weight is 239 g/mol. The Hall–Kier alpha value is -1.50. The number of nitrogens with one attached hydrogen (secondary N) is 2. The average Bonchev–Trinajstić information content (AvgIpc) is 2.81. The van der Waals surface area contributed by atoms with Gasteiger partial charge in [-0.15, -0.1) is 0 Å². The fourth-order valence-electron chi connectivity index (χ4n) is 1.42. The number of hydrogen-bond acceptors (Lipinski definition) is 5. The lowest BCUT2D eigenvalue weighted by Crippen LogP contribution is -2.30. The molecule has 0 fully saturated rings. The van der Waals surface area contributed by atoms with Crippen LogP contribution in [0.25, 0.3) is 0 Å². The Morgan fingerprint density at radius 3 is 3.00 bits per heavy atom. The molecule has 84 valence electrons. The fraction of sp³-hybridized carbons (Fsp3) is 0.222. The van der Waals surface area contributed by atoms with Gasteiger partial charge in [0.2, 0.25) is 0 Å². The molecule has 0 amide bonds. The smallest absolute Gasteiger partial charge is 0.101 e. The van der Waals surface area contributed by atoms with Crippen LogP contribution in [0.5, 0.6) is 0 Å². The predicted octanol–water partition coefficient (Wildman–Crippen LogP) is 0.600. The Balaban J connectivity index is 2.17. The van der Waals surface area contributed by atoms with Crippen LogP contribution in [-0.2, 0) is 6.42 Å². The van der Waals surface area contributed by atoms with E-state index in [2.05, 4.69) is 25.8 Å². The molecule has 0 spiro atoms. The van der Waals surface area contributed by atoms with Gasteiger partial charge in [-0.1, -0.05) is 11.6 Å². The first kappa shape index (κ1) is 11.0. The highest BCUT2D eigenvalue weighted by Gasteiger charge is 2.14. The van der Waals surface area contributed by atoms with Crippen molar-refractivity contribution in [1.29, 1.82) is 0 Å². The lowest BCUT2D eigenvalue weighted by atomic mass is 10.1. The van der Waals surface area contributed by atoms with Gasteiger partial charge >= 0.3 is 0 Å². The van der Waals surface area contributed by atoms with Crippen molar-refractivity contribution >= 4 is 11.6 Å². The first-order valence-corrected chi connectivity index (χ1v) is 5.09. The summed E-state index contributed by atoms with van der Waals surface area (Å²) in [6, 6.07) is 1.73. The molecular weight excluding hydrogens is 228 g/mol. The third kappa shape index (κ3) is 2.35. The van der Waals surface area contributed by atoms with E-state index in [1.807, 2.05) is 6.07 Å². The summed E-state index contributed by atoms with van der Waals surface area (Å²) < 4.78 is 0. The van der Waals surface area contributed by atoms with Gasteiger partial charge in [-0.2, -0.15) is 15.4 Å². The molecule has 0 radical (unpaired) electrons. The zero-order chi connectivity index (χ0) is 11.4. The Kier molecular flexibility index (Phi) is 3.45. The van der Waals surface area contributed by atoms with Gasteiger partial charge < -0.3 is 0 Å². The van der Waals surface area contributed by atoms with E-state index in [9.17, 15) is 0 Å². The number of pyridine rings is 1. The highest BCUT2D eigenvalue weighted by Crippen LogP contribution is 2.20.